The van der Waals surface area contributed by atoms with E-state index in [0.29, 0.717) is 0 Å². The molecule has 0 aliphatic carbocycles. The van der Waals surface area contributed by atoms with Crippen molar-refractivity contribution >= 4 is 21.6 Å². The van der Waals surface area contributed by atoms with E-state index in [2.05, 4.69) is 17.6 Å². The molecule has 0 saturated carbocycles. The Balaban J connectivity index is 2.18. The number of fused-ring (bicyclic) bond motifs is 1. The summed E-state index contributed by atoms with van der Waals surface area (Å²) in [5, 5.41) is 1.12. The first-order chi connectivity index (χ1) is 7.29. The van der Waals surface area contributed by atoms with Gasteiger partial charge in [-0.3, -0.25) is 0 Å². The summed E-state index contributed by atoms with van der Waals surface area (Å²) in [6.07, 6.45) is 3.54. The Kier molecular flexibility index (Phi) is 3.14. The summed E-state index contributed by atoms with van der Waals surface area (Å²) >= 11 is 1.73. The topological polar surface area (TPSA) is 38.9 Å². The molecule has 3 heteroatoms. The third-order valence-corrected chi connectivity index (χ3v) is 3.30. The van der Waals surface area contributed by atoms with Crippen LogP contribution in [-0.2, 0) is 6.42 Å². The molecule has 2 N–H and O–H groups in total. The van der Waals surface area contributed by atoms with Crippen LogP contribution in [0.15, 0.2) is 36.9 Å². The first-order valence-electron chi connectivity index (χ1n) is 5.00. The molecule has 0 spiro atoms. The minimum absolute atomic E-state index is 0.142. The Morgan fingerprint density at radius 3 is 3.00 bits per heavy atom. The van der Waals surface area contributed by atoms with E-state index in [9.17, 15) is 0 Å². The van der Waals surface area contributed by atoms with Gasteiger partial charge in [0.05, 0.1) is 15.2 Å². The Bertz CT molecular complexity index is 428. The molecule has 0 saturated heterocycles. The molecule has 1 unspecified atom stereocenters. The normalized spacial score (nSPS) is 12.9. The molecule has 1 aromatic carbocycles. The maximum absolute atomic E-state index is 5.93. The van der Waals surface area contributed by atoms with E-state index in [1.54, 1.807) is 11.3 Å². The van der Waals surface area contributed by atoms with Gasteiger partial charge in [0.1, 0.15) is 0 Å². The minimum Gasteiger partial charge on any atom is -0.327 e. The predicted molar refractivity (Wildman–Crippen MR) is 66.1 cm³/mol. The van der Waals surface area contributed by atoms with Crippen LogP contribution in [0.2, 0.25) is 0 Å². The maximum atomic E-state index is 5.93. The van der Waals surface area contributed by atoms with E-state index in [1.807, 2.05) is 24.3 Å². The highest BCUT2D eigenvalue weighted by atomic mass is 32.1. The summed E-state index contributed by atoms with van der Waals surface area (Å²) in [5.74, 6) is 0. The Labute approximate surface area is 93.4 Å². The first-order valence-corrected chi connectivity index (χ1v) is 5.82. The molecular weight excluding hydrogens is 204 g/mol. The number of nitrogens with two attached hydrogens (primary N) is 1. The molecular formula is C12H14N2S. The molecule has 1 atom stereocenters. The Hall–Kier alpha value is -1.19. The summed E-state index contributed by atoms with van der Waals surface area (Å²) in [4.78, 5) is 4.54. The molecule has 0 bridgehead atoms. The number of benzene rings is 1. The average Bonchev–Trinajstić information content (AvgIpc) is 2.59. The molecule has 2 rings (SSSR count). The van der Waals surface area contributed by atoms with Gasteiger partial charge in [-0.2, -0.15) is 0 Å². The number of hydrogen-bond donors (Lipinski definition) is 1. The van der Waals surface area contributed by atoms with Crippen LogP contribution < -0.4 is 5.73 Å². The fourth-order valence-corrected chi connectivity index (χ4v) is 2.59. The van der Waals surface area contributed by atoms with Crippen molar-refractivity contribution in [2.75, 3.05) is 0 Å². The van der Waals surface area contributed by atoms with Gasteiger partial charge in [0.15, 0.2) is 0 Å². The molecule has 2 aromatic rings. The van der Waals surface area contributed by atoms with Crippen molar-refractivity contribution in [1.29, 1.82) is 0 Å². The monoisotopic (exact) mass is 218 g/mol. The van der Waals surface area contributed by atoms with Gasteiger partial charge in [-0.25, -0.2) is 4.98 Å². The van der Waals surface area contributed by atoms with Gasteiger partial charge in [0, 0.05) is 12.5 Å². The maximum Gasteiger partial charge on any atom is 0.0954 e. The molecule has 1 aromatic heterocycles. The average molecular weight is 218 g/mol. The quantitative estimate of drug-likeness (QED) is 0.801. The van der Waals surface area contributed by atoms with Gasteiger partial charge in [0.25, 0.3) is 0 Å². The lowest BCUT2D eigenvalue weighted by Crippen LogP contribution is -2.21. The number of hydrogen-bond acceptors (Lipinski definition) is 3. The number of thiazole rings is 1. The molecule has 0 radical (unpaired) electrons. The van der Waals surface area contributed by atoms with E-state index in [-0.39, 0.29) is 6.04 Å². The fraction of sp³-hybridized carbons (Fsp3) is 0.250. The number of nitrogens with zero attached hydrogens (tertiary/aromatic N) is 1. The van der Waals surface area contributed by atoms with E-state index < -0.39 is 0 Å². The molecule has 2 nitrogen and oxygen atoms in total. The van der Waals surface area contributed by atoms with Crippen LogP contribution in [0.3, 0.4) is 0 Å². The summed E-state index contributed by atoms with van der Waals surface area (Å²) in [6, 6.07) is 8.32. The molecule has 0 aliphatic heterocycles. The number of rotatable bonds is 4. The summed E-state index contributed by atoms with van der Waals surface area (Å²) in [6.45, 7) is 3.69. The third kappa shape index (κ3) is 2.43. The molecule has 78 valence electrons. The van der Waals surface area contributed by atoms with E-state index in [4.69, 9.17) is 5.73 Å². The largest absolute Gasteiger partial charge is 0.327 e. The second-order valence-corrected chi connectivity index (χ2v) is 4.68. The molecule has 15 heavy (non-hydrogen) atoms. The van der Waals surface area contributed by atoms with Crippen molar-refractivity contribution < 1.29 is 0 Å². The van der Waals surface area contributed by atoms with E-state index in [1.165, 1.54) is 4.70 Å². The Morgan fingerprint density at radius 1 is 1.47 bits per heavy atom. The van der Waals surface area contributed by atoms with Crippen molar-refractivity contribution in [1.82, 2.24) is 4.98 Å². The van der Waals surface area contributed by atoms with Gasteiger partial charge >= 0.3 is 0 Å². The lowest BCUT2D eigenvalue weighted by molar-refractivity contribution is 0.678. The predicted octanol–water partition coefficient (Wildman–Crippen LogP) is 2.74. The highest BCUT2D eigenvalue weighted by Gasteiger charge is 2.07. The van der Waals surface area contributed by atoms with Crippen molar-refractivity contribution in [3.8, 4) is 0 Å². The van der Waals surface area contributed by atoms with Gasteiger partial charge in [-0.1, -0.05) is 18.2 Å². The molecule has 0 aliphatic rings. The third-order valence-electron chi connectivity index (χ3n) is 2.24. The minimum atomic E-state index is 0.142. The van der Waals surface area contributed by atoms with Crippen LogP contribution in [0.25, 0.3) is 10.2 Å². The second kappa shape index (κ2) is 4.55. The van der Waals surface area contributed by atoms with E-state index in [0.717, 1.165) is 23.4 Å². The summed E-state index contributed by atoms with van der Waals surface area (Å²) in [5.41, 5.74) is 7.01. The Morgan fingerprint density at radius 2 is 2.27 bits per heavy atom. The van der Waals surface area contributed by atoms with Crippen molar-refractivity contribution in [2.24, 2.45) is 5.73 Å². The zero-order valence-corrected chi connectivity index (χ0v) is 9.33. The van der Waals surface area contributed by atoms with Crippen LogP contribution in [-0.4, -0.2) is 11.0 Å². The lowest BCUT2D eigenvalue weighted by Gasteiger charge is -2.04. The highest BCUT2D eigenvalue weighted by Crippen LogP contribution is 2.22. The first kappa shape index (κ1) is 10.3. The van der Waals surface area contributed by atoms with Crippen LogP contribution in [0.1, 0.15) is 11.4 Å². The van der Waals surface area contributed by atoms with E-state index >= 15 is 0 Å². The summed E-state index contributed by atoms with van der Waals surface area (Å²) in [7, 11) is 0. The molecule has 0 fully saturated rings. The van der Waals surface area contributed by atoms with Gasteiger partial charge in [-0.15, -0.1) is 17.9 Å². The highest BCUT2D eigenvalue weighted by molar-refractivity contribution is 7.18. The van der Waals surface area contributed by atoms with Crippen molar-refractivity contribution in [2.45, 2.75) is 18.9 Å². The second-order valence-electron chi connectivity index (χ2n) is 3.56. The standard InChI is InChI=1S/C12H14N2S/c1-2-5-9(13)8-12-14-10-6-3-4-7-11(10)15-12/h2-4,6-7,9H,1,5,8,13H2. The van der Waals surface area contributed by atoms with Gasteiger partial charge < -0.3 is 5.73 Å². The van der Waals surface area contributed by atoms with Crippen LogP contribution >= 0.6 is 11.3 Å². The number of para-hydroxylation sites is 1. The van der Waals surface area contributed by atoms with Gasteiger partial charge in [-0.05, 0) is 18.6 Å². The lowest BCUT2D eigenvalue weighted by atomic mass is 10.1. The summed E-state index contributed by atoms with van der Waals surface area (Å²) < 4.78 is 1.23. The fourth-order valence-electron chi connectivity index (χ4n) is 1.53. The zero-order valence-electron chi connectivity index (χ0n) is 8.52. The van der Waals surface area contributed by atoms with Crippen LogP contribution in [0.4, 0.5) is 0 Å². The zero-order chi connectivity index (χ0) is 10.7. The SMILES string of the molecule is C=CCC(N)Cc1nc2ccccc2s1. The van der Waals surface area contributed by atoms with Crippen molar-refractivity contribution in [3.63, 3.8) is 0 Å². The van der Waals surface area contributed by atoms with Crippen LogP contribution in [0, 0.1) is 0 Å². The molecule has 1 heterocycles. The molecule has 0 amide bonds. The van der Waals surface area contributed by atoms with Gasteiger partial charge in [0.2, 0.25) is 0 Å². The van der Waals surface area contributed by atoms with Crippen LogP contribution in [0.5, 0.6) is 0 Å². The smallest absolute Gasteiger partial charge is 0.0954 e. The van der Waals surface area contributed by atoms with Crippen molar-refractivity contribution in [3.05, 3.63) is 41.9 Å². The number of aromatic nitrogens is 1.